The quantitative estimate of drug-likeness (QED) is 0.731. The Labute approximate surface area is 95.8 Å². The fraction of sp³-hybridized carbons (Fsp3) is 0.100. The topological polar surface area (TPSA) is 55.1 Å². The zero-order valence-corrected chi connectivity index (χ0v) is 9.40. The summed E-state index contributed by atoms with van der Waals surface area (Å²) in [6, 6.07) is 3.92. The summed E-state index contributed by atoms with van der Waals surface area (Å²) in [5.41, 5.74) is 2.06. The molecule has 0 atom stereocenters. The largest absolute Gasteiger partial charge is 0.356 e. The van der Waals surface area contributed by atoms with E-state index in [0.717, 1.165) is 16.2 Å². The standard InChI is InChI=1S/C10H9N5S/c1-11-9-13-10-15(14-9)8(6-16-10)7-3-2-4-12-5-7/h2-6H,1H3,(H,11,14). The van der Waals surface area contributed by atoms with Crippen LogP contribution in [0.5, 0.6) is 0 Å². The van der Waals surface area contributed by atoms with Gasteiger partial charge >= 0.3 is 0 Å². The predicted octanol–water partition coefficient (Wildman–Crippen LogP) is 1.89. The van der Waals surface area contributed by atoms with E-state index in [0.29, 0.717) is 5.95 Å². The maximum Gasteiger partial charge on any atom is 0.243 e. The Morgan fingerprint density at radius 3 is 3.12 bits per heavy atom. The Balaban J connectivity index is 2.20. The Morgan fingerprint density at radius 2 is 2.38 bits per heavy atom. The van der Waals surface area contributed by atoms with Gasteiger partial charge in [-0.15, -0.1) is 16.4 Å². The summed E-state index contributed by atoms with van der Waals surface area (Å²) in [5, 5.41) is 9.31. The van der Waals surface area contributed by atoms with Crippen LogP contribution in [0.2, 0.25) is 0 Å². The van der Waals surface area contributed by atoms with Crippen LogP contribution in [0.25, 0.3) is 16.2 Å². The third-order valence-electron chi connectivity index (χ3n) is 2.26. The van der Waals surface area contributed by atoms with E-state index in [2.05, 4.69) is 20.4 Å². The third-order valence-corrected chi connectivity index (χ3v) is 3.08. The molecule has 0 radical (unpaired) electrons. The Morgan fingerprint density at radius 1 is 1.44 bits per heavy atom. The molecule has 1 N–H and O–H groups in total. The van der Waals surface area contributed by atoms with Crippen LogP contribution in [0, 0.1) is 0 Å². The first-order valence-corrected chi connectivity index (χ1v) is 5.69. The van der Waals surface area contributed by atoms with Crippen molar-refractivity contribution in [2.75, 3.05) is 12.4 Å². The summed E-state index contributed by atoms with van der Waals surface area (Å²) < 4.78 is 1.83. The molecule has 6 heteroatoms. The van der Waals surface area contributed by atoms with Crippen molar-refractivity contribution in [3.05, 3.63) is 29.9 Å². The fourth-order valence-corrected chi connectivity index (χ4v) is 2.33. The van der Waals surface area contributed by atoms with Crippen molar-refractivity contribution in [1.82, 2.24) is 19.6 Å². The molecule has 0 spiro atoms. The molecular weight excluding hydrogens is 222 g/mol. The maximum atomic E-state index is 4.34. The van der Waals surface area contributed by atoms with Gasteiger partial charge in [0.15, 0.2) is 0 Å². The van der Waals surface area contributed by atoms with E-state index >= 15 is 0 Å². The van der Waals surface area contributed by atoms with E-state index < -0.39 is 0 Å². The minimum atomic E-state index is 0.636. The maximum absolute atomic E-state index is 4.34. The lowest BCUT2D eigenvalue weighted by Crippen LogP contribution is -1.92. The lowest BCUT2D eigenvalue weighted by molar-refractivity contribution is 0.984. The molecule has 0 aromatic carbocycles. The van der Waals surface area contributed by atoms with Crippen LogP contribution < -0.4 is 5.32 Å². The summed E-state index contributed by atoms with van der Waals surface area (Å²) in [6.45, 7) is 0. The van der Waals surface area contributed by atoms with Gasteiger partial charge in [-0.05, 0) is 12.1 Å². The van der Waals surface area contributed by atoms with Crippen LogP contribution in [0.1, 0.15) is 0 Å². The lowest BCUT2D eigenvalue weighted by atomic mass is 10.2. The first-order chi connectivity index (χ1) is 7.88. The molecule has 80 valence electrons. The number of hydrogen-bond donors (Lipinski definition) is 1. The van der Waals surface area contributed by atoms with Crippen LogP contribution in [0.4, 0.5) is 5.95 Å². The molecule has 0 saturated carbocycles. The number of nitrogens with one attached hydrogen (secondary N) is 1. The van der Waals surface area contributed by atoms with Crippen LogP contribution in [0.15, 0.2) is 29.9 Å². The number of nitrogens with zero attached hydrogens (tertiary/aromatic N) is 4. The average molecular weight is 231 g/mol. The van der Waals surface area contributed by atoms with E-state index in [1.54, 1.807) is 17.5 Å². The number of rotatable bonds is 2. The minimum Gasteiger partial charge on any atom is -0.356 e. The minimum absolute atomic E-state index is 0.636. The average Bonchev–Trinajstić information content (AvgIpc) is 2.88. The van der Waals surface area contributed by atoms with Crippen LogP contribution in [-0.4, -0.2) is 26.6 Å². The first-order valence-electron chi connectivity index (χ1n) is 4.81. The number of anilines is 1. The summed E-state index contributed by atoms with van der Waals surface area (Å²) >= 11 is 1.57. The molecule has 0 aliphatic heterocycles. The highest BCUT2D eigenvalue weighted by Crippen LogP contribution is 2.24. The van der Waals surface area contributed by atoms with Crippen LogP contribution in [-0.2, 0) is 0 Å². The van der Waals surface area contributed by atoms with Gasteiger partial charge in [0.25, 0.3) is 0 Å². The molecule has 0 aliphatic rings. The summed E-state index contributed by atoms with van der Waals surface area (Å²) in [5.74, 6) is 0.636. The zero-order valence-electron chi connectivity index (χ0n) is 8.58. The molecule has 0 saturated heterocycles. The van der Waals surface area contributed by atoms with Crippen molar-refractivity contribution in [2.24, 2.45) is 0 Å². The molecular formula is C10H9N5S. The molecule has 5 nitrogen and oxygen atoms in total. The normalized spacial score (nSPS) is 10.8. The second kappa shape index (κ2) is 3.57. The Hall–Kier alpha value is -1.95. The number of fused-ring (bicyclic) bond motifs is 1. The molecule has 3 heterocycles. The van der Waals surface area contributed by atoms with Crippen molar-refractivity contribution in [2.45, 2.75) is 0 Å². The molecule has 3 aromatic heterocycles. The van der Waals surface area contributed by atoms with Crippen molar-refractivity contribution in [3.8, 4) is 11.3 Å². The van der Waals surface area contributed by atoms with Gasteiger partial charge in [0.1, 0.15) is 0 Å². The predicted molar refractivity (Wildman–Crippen MR) is 63.6 cm³/mol. The third kappa shape index (κ3) is 1.35. The van der Waals surface area contributed by atoms with Gasteiger partial charge in [-0.25, -0.2) is 4.52 Å². The van der Waals surface area contributed by atoms with E-state index in [-0.39, 0.29) is 0 Å². The van der Waals surface area contributed by atoms with E-state index in [1.807, 2.05) is 35.3 Å². The summed E-state index contributed by atoms with van der Waals surface area (Å²) in [4.78, 5) is 9.30. The van der Waals surface area contributed by atoms with Crippen LogP contribution >= 0.6 is 11.3 Å². The number of aromatic nitrogens is 4. The summed E-state index contributed by atoms with van der Waals surface area (Å²) in [6.07, 6.45) is 3.58. The monoisotopic (exact) mass is 231 g/mol. The van der Waals surface area contributed by atoms with Crippen molar-refractivity contribution in [3.63, 3.8) is 0 Å². The van der Waals surface area contributed by atoms with Crippen molar-refractivity contribution < 1.29 is 0 Å². The smallest absolute Gasteiger partial charge is 0.243 e. The molecule has 3 aromatic rings. The highest BCUT2D eigenvalue weighted by Gasteiger charge is 2.10. The molecule has 0 unspecified atom stereocenters. The number of hydrogen-bond acceptors (Lipinski definition) is 5. The molecule has 0 amide bonds. The SMILES string of the molecule is CNc1nc2scc(-c3cccnc3)n2n1. The van der Waals surface area contributed by atoms with Gasteiger partial charge in [0.2, 0.25) is 10.9 Å². The van der Waals surface area contributed by atoms with Crippen molar-refractivity contribution >= 4 is 22.2 Å². The van der Waals surface area contributed by atoms with Gasteiger partial charge in [-0.1, -0.05) is 0 Å². The Kier molecular flexibility index (Phi) is 2.07. The fourth-order valence-electron chi connectivity index (χ4n) is 1.50. The van der Waals surface area contributed by atoms with Gasteiger partial charge < -0.3 is 5.32 Å². The zero-order chi connectivity index (χ0) is 11.0. The van der Waals surface area contributed by atoms with Gasteiger partial charge in [-0.3, -0.25) is 4.98 Å². The van der Waals surface area contributed by atoms with E-state index in [9.17, 15) is 0 Å². The molecule has 16 heavy (non-hydrogen) atoms. The van der Waals surface area contributed by atoms with Crippen LogP contribution in [0.3, 0.4) is 0 Å². The van der Waals surface area contributed by atoms with Crippen molar-refractivity contribution in [1.29, 1.82) is 0 Å². The number of thiazole rings is 1. The number of pyridine rings is 1. The second-order valence-corrected chi connectivity index (χ2v) is 4.08. The lowest BCUT2D eigenvalue weighted by Gasteiger charge is -1.96. The van der Waals surface area contributed by atoms with Gasteiger partial charge in [0.05, 0.1) is 5.69 Å². The van der Waals surface area contributed by atoms with E-state index in [1.165, 1.54) is 0 Å². The summed E-state index contributed by atoms with van der Waals surface area (Å²) in [7, 11) is 1.81. The molecule has 0 bridgehead atoms. The molecule has 3 rings (SSSR count). The Bertz CT molecular complexity index is 612. The van der Waals surface area contributed by atoms with Gasteiger partial charge in [0, 0.05) is 30.4 Å². The highest BCUT2D eigenvalue weighted by atomic mass is 32.1. The van der Waals surface area contributed by atoms with Gasteiger partial charge in [-0.2, -0.15) is 4.98 Å². The molecule has 0 fully saturated rings. The molecule has 0 aliphatic carbocycles. The second-order valence-electron chi connectivity index (χ2n) is 3.24. The highest BCUT2D eigenvalue weighted by molar-refractivity contribution is 7.15. The van der Waals surface area contributed by atoms with E-state index in [4.69, 9.17) is 0 Å². The first kappa shape index (κ1) is 9.29.